The van der Waals surface area contributed by atoms with E-state index in [9.17, 15) is 9.18 Å². The molecule has 0 aromatic heterocycles. The van der Waals surface area contributed by atoms with Gasteiger partial charge in [0.2, 0.25) is 5.91 Å². The summed E-state index contributed by atoms with van der Waals surface area (Å²) < 4.78 is 18.4. The van der Waals surface area contributed by atoms with Crippen LogP contribution in [-0.4, -0.2) is 19.1 Å². The van der Waals surface area contributed by atoms with Gasteiger partial charge in [-0.05, 0) is 30.7 Å². The zero-order valence-corrected chi connectivity index (χ0v) is 15.3. The maximum Gasteiger partial charge on any atom is 0.224 e. The SMILES string of the molecule is [CH2-]CCC#CC[C@H]1C(=O)NC[C@@H]1COc1ccc(F)cc1.[Y]. The van der Waals surface area contributed by atoms with Gasteiger partial charge in [-0.2, -0.15) is 6.42 Å². The second kappa shape index (κ2) is 9.97. The Morgan fingerprint density at radius 1 is 1.32 bits per heavy atom. The summed E-state index contributed by atoms with van der Waals surface area (Å²) in [7, 11) is 0. The van der Waals surface area contributed by atoms with Crippen molar-refractivity contribution in [3.8, 4) is 17.6 Å². The third-order valence-electron chi connectivity index (χ3n) is 3.47. The van der Waals surface area contributed by atoms with Crippen LogP contribution in [0.5, 0.6) is 5.75 Å². The van der Waals surface area contributed by atoms with Crippen molar-refractivity contribution in [1.82, 2.24) is 5.32 Å². The van der Waals surface area contributed by atoms with E-state index in [2.05, 4.69) is 24.1 Å². The van der Waals surface area contributed by atoms with Crippen molar-refractivity contribution in [1.29, 1.82) is 0 Å². The van der Waals surface area contributed by atoms with E-state index in [1.165, 1.54) is 12.1 Å². The zero-order chi connectivity index (χ0) is 15.1. The molecular formula is C17H19FNO2Y-. The van der Waals surface area contributed by atoms with Crippen LogP contribution in [0.3, 0.4) is 0 Å². The van der Waals surface area contributed by atoms with E-state index in [1.807, 2.05) is 0 Å². The van der Waals surface area contributed by atoms with Crippen LogP contribution in [0.25, 0.3) is 0 Å². The molecule has 115 valence electrons. The number of benzene rings is 1. The first-order valence-electron chi connectivity index (χ1n) is 7.11. The van der Waals surface area contributed by atoms with Gasteiger partial charge in [-0.15, -0.1) is 11.8 Å². The monoisotopic (exact) mass is 377 g/mol. The van der Waals surface area contributed by atoms with Crippen LogP contribution in [0, 0.1) is 36.4 Å². The first-order valence-corrected chi connectivity index (χ1v) is 7.11. The molecule has 22 heavy (non-hydrogen) atoms. The summed E-state index contributed by atoms with van der Waals surface area (Å²) in [6.07, 6.45) is 2.08. The number of ether oxygens (including phenoxy) is 1. The van der Waals surface area contributed by atoms with Crippen LogP contribution in [0.2, 0.25) is 0 Å². The standard InChI is InChI=1S/C17H19FNO2.Y/c1-2-3-4-5-6-16-13(11-19-17(16)20)12-21-15-9-7-14(18)8-10-15;/h7-10,13,16H,1-3,6,11-12H2,(H,19,20);/q-1;/t13-,16-;/m1./s1. The number of halogens is 1. The van der Waals surface area contributed by atoms with E-state index in [0.717, 1.165) is 12.8 Å². The number of carbonyl (C=O) groups is 1. The molecule has 0 spiro atoms. The third-order valence-corrected chi connectivity index (χ3v) is 3.47. The largest absolute Gasteiger partial charge is 0.493 e. The van der Waals surface area contributed by atoms with Gasteiger partial charge in [0.1, 0.15) is 11.6 Å². The van der Waals surface area contributed by atoms with Crippen LogP contribution in [-0.2, 0) is 37.5 Å². The zero-order valence-electron chi connectivity index (χ0n) is 12.5. The molecule has 1 heterocycles. The van der Waals surface area contributed by atoms with Crippen LogP contribution >= 0.6 is 0 Å². The van der Waals surface area contributed by atoms with Gasteiger partial charge in [0, 0.05) is 51.6 Å². The van der Waals surface area contributed by atoms with Crippen LogP contribution < -0.4 is 10.1 Å². The third kappa shape index (κ3) is 5.70. The number of nitrogens with one attached hydrogen (secondary N) is 1. The van der Waals surface area contributed by atoms with E-state index in [-0.39, 0.29) is 56.3 Å². The van der Waals surface area contributed by atoms with Gasteiger partial charge in [-0.3, -0.25) is 4.79 Å². The van der Waals surface area contributed by atoms with Crippen LogP contribution in [0.1, 0.15) is 19.3 Å². The predicted octanol–water partition coefficient (Wildman–Crippen LogP) is 2.57. The van der Waals surface area contributed by atoms with E-state index >= 15 is 0 Å². The molecule has 1 radical (unpaired) electrons. The minimum Gasteiger partial charge on any atom is -0.493 e. The molecule has 1 N–H and O–H groups in total. The first-order chi connectivity index (χ1) is 10.2. The smallest absolute Gasteiger partial charge is 0.224 e. The van der Waals surface area contributed by atoms with Gasteiger partial charge >= 0.3 is 0 Å². The summed E-state index contributed by atoms with van der Waals surface area (Å²) in [6, 6.07) is 5.88. The van der Waals surface area contributed by atoms with E-state index in [0.29, 0.717) is 25.3 Å². The molecule has 0 saturated carbocycles. The summed E-state index contributed by atoms with van der Waals surface area (Å²) in [5.74, 6) is 6.35. The molecule has 1 aromatic rings. The Labute approximate surface area is 156 Å². The quantitative estimate of drug-likeness (QED) is 0.633. The molecule has 1 saturated heterocycles. The summed E-state index contributed by atoms with van der Waals surface area (Å²) in [4.78, 5) is 11.8. The molecular weight excluding hydrogens is 358 g/mol. The predicted molar refractivity (Wildman–Crippen MR) is 78.9 cm³/mol. The maximum absolute atomic E-state index is 12.8. The Balaban J connectivity index is 0.00000242. The molecule has 5 heteroatoms. The van der Waals surface area contributed by atoms with Crippen molar-refractivity contribution < 1.29 is 46.6 Å². The van der Waals surface area contributed by atoms with E-state index in [4.69, 9.17) is 4.74 Å². The Morgan fingerprint density at radius 2 is 2.05 bits per heavy atom. The first kappa shape index (κ1) is 19.1. The van der Waals surface area contributed by atoms with Crippen molar-refractivity contribution in [2.45, 2.75) is 19.3 Å². The second-order valence-electron chi connectivity index (χ2n) is 5.04. The van der Waals surface area contributed by atoms with Gasteiger partial charge in [0.25, 0.3) is 0 Å². The summed E-state index contributed by atoms with van der Waals surface area (Å²) >= 11 is 0. The van der Waals surface area contributed by atoms with Crippen molar-refractivity contribution >= 4 is 5.91 Å². The molecule has 1 aliphatic heterocycles. The Kier molecular flexibility index (Phi) is 8.67. The fourth-order valence-corrected chi connectivity index (χ4v) is 2.25. The van der Waals surface area contributed by atoms with Gasteiger partial charge in [0.05, 0.1) is 12.5 Å². The van der Waals surface area contributed by atoms with Gasteiger partial charge in [-0.25, -0.2) is 4.39 Å². The average molecular weight is 377 g/mol. The number of amides is 1. The Bertz CT molecular complexity index is 536. The number of hydrogen-bond acceptors (Lipinski definition) is 2. The minimum absolute atomic E-state index is 0. The van der Waals surface area contributed by atoms with Crippen molar-refractivity contribution in [3.05, 3.63) is 37.0 Å². The van der Waals surface area contributed by atoms with Crippen LogP contribution in [0.4, 0.5) is 4.39 Å². The van der Waals surface area contributed by atoms with Crippen molar-refractivity contribution in [2.75, 3.05) is 13.2 Å². The normalized spacial score (nSPS) is 19.6. The fraction of sp³-hybridized carbons (Fsp3) is 0.412. The molecule has 1 fully saturated rings. The fourth-order valence-electron chi connectivity index (χ4n) is 2.25. The molecule has 1 amide bonds. The van der Waals surface area contributed by atoms with Crippen molar-refractivity contribution in [3.63, 3.8) is 0 Å². The summed E-state index contributed by atoms with van der Waals surface area (Å²) in [6.45, 7) is 4.75. The Morgan fingerprint density at radius 3 is 2.73 bits per heavy atom. The number of hydrogen-bond donors (Lipinski definition) is 1. The topological polar surface area (TPSA) is 38.3 Å². The molecule has 2 atom stereocenters. The van der Waals surface area contributed by atoms with Crippen LogP contribution in [0.15, 0.2) is 24.3 Å². The number of carbonyl (C=O) groups excluding carboxylic acids is 1. The molecule has 0 aliphatic carbocycles. The van der Waals surface area contributed by atoms with Gasteiger partial charge in [-0.1, -0.05) is 0 Å². The molecule has 0 unspecified atom stereocenters. The van der Waals surface area contributed by atoms with Gasteiger partial charge < -0.3 is 17.0 Å². The minimum atomic E-state index is -0.293. The Hall–Kier alpha value is -0.916. The van der Waals surface area contributed by atoms with E-state index in [1.54, 1.807) is 12.1 Å². The number of unbranched alkanes of at least 4 members (excludes halogenated alkanes) is 1. The molecule has 3 nitrogen and oxygen atoms in total. The molecule has 1 aliphatic rings. The molecule has 0 bridgehead atoms. The molecule has 1 aromatic carbocycles. The van der Waals surface area contributed by atoms with E-state index < -0.39 is 0 Å². The van der Waals surface area contributed by atoms with Gasteiger partial charge in [0.15, 0.2) is 0 Å². The summed E-state index contributed by atoms with van der Waals surface area (Å²) in [5.41, 5.74) is 0. The molecule has 2 rings (SSSR count). The maximum atomic E-state index is 12.8. The van der Waals surface area contributed by atoms with Crippen molar-refractivity contribution in [2.24, 2.45) is 11.8 Å². The average Bonchev–Trinajstić information content (AvgIpc) is 2.84. The summed E-state index contributed by atoms with van der Waals surface area (Å²) in [5, 5.41) is 2.85. The number of rotatable bonds is 5. The second-order valence-corrected chi connectivity index (χ2v) is 5.04.